The van der Waals surface area contributed by atoms with Crippen molar-refractivity contribution in [3.8, 4) is 0 Å². The average molecular weight is 377 g/mol. The highest BCUT2D eigenvalue weighted by molar-refractivity contribution is 5.98. The first-order chi connectivity index (χ1) is 12.9. The molecule has 0 radical (unpaired) electrons. The summed E-state index contributed by atoms with van der Waals surface area (Å²) in [6.45, 7) is 1.38. The van der Waals surface area contributed by atoms with Crippen molar-refractivity contribution in [3.63, 3.8) is 0 Å². The number of hydrogen-bond donors (Lipinski definition) is 1. The summed E-state index contributed by atoms with van der Waals surface area (Å²) < 4.78 is 19.7. The van der Waals surface area contributed by atoms with Crippen molar-refractivity contribution in [2.24, 2.45) is 0 Å². The van der Waals surface area contributed by atoms with E-state index in [1.165, 1.54) is 18.2 Å². The Kier molecular flexibility index (Phi) is 6.11. The molecule has 1 aliphatic heterocycles. The van der Waals surface area contributed by atoms with Gasteiger partial charge in [0.25, 0.3) is 5.91 Å². The Morgan fingerprint density at radius 3 is 2.70 bits per heavy atom. The Hall–Kier alpha value is -1.99. The number of benzene rings is 1. The molecule has 1 saturated heterocycles. The highest BCUT2D eigenvalue weighted by atomic mass is 19.1. The second-order valence-corrected chi connectivity index (χ2v) is 7.61. The minimum absolute atomic E-state index is 0.175. The van der Waals surface area contributed by atoms with E-state index in [-0.39, 0.29) is 24.0 Å². The van der Waals surface area contributed by atoms with Gasteiger partial charge in [0.15, 0.2) is 0 Å². The lowest BCUT2D eigenvalue weighted by Gasteiger charge is -2.41. The minimum Gasteiger partial charge on any atom is -0.353 e. The van der Waals surface area contributed by atoms with Crippen LogP contribution in [-0.2, 0) is 9.53 Å². The van der Waals surface area contributed by atoms with Crippen molar-refractivity contribution < 1.29 is 18.7 Å². The molecule has 0 aromatic heterocycles. The monoisotopic (exact) mass is 377 g/mol. The maximum Gasteiger partial charge on any atom is 0.256 e. The zero-order valence-corrected chi connectivity index (χ0v) is 16.0. The van der Waals surface area contributed by atoms with E-state index in [2.05, 4.69) is 5.32 Å². The van der Waals surface area contributed by atoms with Gasteiger partial charge in [-0.3, -0.25) is 14.5 Å². The van der Waals surface area contributed by atoms with Gasteiger partial charge in [-0.2, -0.15) is 0 Å². The van der Waals surface area contributed by atoms with Gasteiger partial charge in [-0.05, 0) is 58.0 Å². The molecule has 1 aromatic rings. The van der Waals surface area contributed by atoms with Gasteiger partial charge >= 0.3 is 0 Å². The third-order valence-corrected chi connectivity index (χ3v) is 5.35. The van der Waals surface area contributed by atoms with Gasteiger partial charge in [-0.15, -0.1) is 0 Å². The fourth-order valence-corrected chi connectivity index (χ4v) is 3.95. The smallest absolute Gasteiger partial charge is 0.256 e. The lowest BCUT2D eigenvalue weighted by atomic mass is 9.89. The molecule has 6 nitrogen and oxygen atoms in total. The summed E-state index contributed by atoms with van der Waals surface area (Å²) in [5.41, 5.74) is -0.512. The summed E-state index contributed by atoms with van der Waals surface area (Å²) >= 11 is 0. The van der Waals surface area contributed by atoms with E-state index in [1.807, 2.05) is 19.0 Å². The zero-order valence-electron chi connectivity index (χ0n) is 16.0. The second-order valence-electron chi connectivity index (χ2n) is 7.61. The van der Waals surface area contributed by atoms with Gasteiger partial charge < -0.3 is 15.0 Å². The number of nitrogens with one attached hydrogen (secondary N) is 1. The van der Waals surface area contributed by atoms with Crippen LogP contribution in [0.3, 0.4) is 0 Å². The van der Waals surface area contributed by atoms with E-state index < -0.39 is 17.6 Å². The molecule has 1 aliphatic carbocycles. The van der Waals surface area contributed by atoms with Crippen molar-refractivity contribution in [1.29, 1.82) is 0 Å². The SMILES string of the molecule is CN(C)CCNC(=O)C1COC2(CCCCC2)N1C(=O)c1cccc(F)c1. The van der Waals surface area contributed by atoms with Crippen molar-refractivity contribution in [1.82, 2.24) is 15.1 Å². The molecule has 1 heterocycles. The van der Waals surface area contributed by atoms with Crippen LogP contribution in [0, 0.1) is 5.82 Å². The average Bonchev–Trinajstić information content (AvgIpc) is 3.00. The lowest BCUT2D eigenvalue weighted by Crippen LogP contribution is -2.56. The number of amides is 2. The predicted octanol–water partition coefficient (Wildman–Crippen LogP) is 2.00. The lowest BCUT2D eigenvalue weighted by molar-refractivity contribution is -0.127. The van der Waals surface area contributed by atoms with Crippen LogP contribution in [0.4, 0.5) is 4.39 Å². The molecule has 1 aromatic carbocycles. The second kappa shape index (κ2) is 8.35. The fourth-order valence-electron chi connectivity index (χ4n) is 3.95. The van der Waals surface area contributed by atoms with Crippen molar-refractivity contribution in [2.75, 3.05) is 33.8 Å². The van der Waals surface area contributed by atoms with Crippen LogP contribution in [0.25, 0.3) is 0 Å². The van der Waals surface area contributed by atoms with Crippen molar-refractivity contribution in [3.05, 3.63) is 35.6 Å². The highest BCUT2D eigenvalue weighted by Crippen LogP contribution is 2.41. The number of ether oxygens (including phenoxy) is 1. The molecule has 1 saturated carbocycles. The van der Waals surface area contributed by atoms with E-state index in [0.717, 1.165) is 19.3 Å². The summed E-state index contributed by atoms with van der Waals surface area (Å²) in [5.74, 6) is -1.03. The van der Waals surface area contributed by atoms with E-state index in [9.17, 15) is 14.0 Å². The first kappa shape index (κ1) is 19.8. The minimum atomic E-state index is -0.759. The summed E-state index contributed by atoms with van der Waals surface area (Å²) in [6, 6.07) is 4.93. The van der Waals surface area contributed by atoms with Crippen LogP contribution in [0.2, 0.25) is 0 Å². The molecule has 1 spiro atoms. The summed E-state index contributed by atoms with van der Waals surface area (Å²) in [5, 5.41) is 2.90. The van der Waals surface area contributed by atoms with Crippen LogP contribution >= 0.6 is 0 Å². The van der Waals surface area contributed by atoms with E-state index >= 15 is 0 Å². The Morgan fingerprint density at radius 1 is 1.30 bits per heavy atom. The largest absolute Gasteiger partial charge is 0.353 e. The molecule has 7 heteroatoms. The van der Waals surface area contributed by atoms with Gasteiger partial charge in [0, 0.05) is 18.7 Å². The van der Waals surface area contributed by atoms with E-state index in [0.29, 0.717) is 25.9 Å². The van der Waals surface area contributed by atoms with E-state index in [1.54, 1.807) is 11.0 Å². The van der Waals surface area contributed by atoms with Gasteiger partial charge in [0.1, 0.15) is 17.6 Å². The molecule has 2 fully saturated rings. The van der Waals surface area contributed by atoms with Crippen LogP contribution in [0.5, 0.6) is 0 Å². The Balaban J connectivity index is 1.84. The molecule has 1 N–H and O–H groups in total. The van der Waals surface area contributed by atoms with Crippen molar-refractivity contribution >= 4 is 11.8 Å². The normalized spacial score (nSPS) is 21.6. The number of halogens is 1. The number of likely N-dealkylation sites (N-methyl/N-ethyl adjacent to an activating group) is 1. The number of hydrogen-bond acceptors (Lipinski definition) is 4. The topological polar surface area (TPSA) is 61.9 Å². The number of nitrogens with zero attached hydrogens (tertiary/aromatic N) is 2. The van der Waals surface area contributed by atoms with E-state index in [4.69, 9.17) is 4.74 Å². The first-order valence-electron chi connectivity index (χ1n) is 9.59. The van der Waals surface area contributed by atoms with Gasteiger partial charge in [-0.1, -0.05) is 12.5 Å². The number of carbonyl (C=O) groups excluding carboxylic acids is 2. The molecule has 2 amide bonds. The summed E-state index contributed by atoms with van der Waals surface area (Å²) in [7, 11) is 3.86. The van der Waals surface area contributed by atoms with Crippen LogP contribution < -0.4 is 5.32 Å². The molecule has 0 bridgehead atoms. The molecular weight excluding hydrogens is 349 g/mol. The van der Waals surface area contributed by atoms with Crippen LogP contribution in [0.1, 0.15) is 42.5 Å². The van der Waals surface area contributed by atoms with Crippen LogP contribution in [-0.4, -0.2) is 67.2 Å². The number of rotatable bonds is 5. The predicted molar refractivity (Wildman–Crippen MR) is 99.7 cm³/mol. The zero-order chi connectivity index (χ0) is 19.4. The standard InChI is InChI=1S/C20H28FN3O3/c1-23(2)12-11-22-18(25)17-14-27-20(9-4-3-5-10-20)24(17)19(26)15-7-6-8-16(21)13-15/h6-8,13,17H,3-5,9-12,14H2,1-2H3,(H,22,25). The Morgan fingerprint density at radius 2 is 2.04 bits per heavy atom. The van der Waals surface area contributed by atoms with Crippen LogP contribution in [0.15, 0.2) is 24.3 Å². The maximum atomic E-state index is 13.7. The first-order valence-corrected chi connectivity index (χ1v) is 9.59. The van der Waals surface area contributed by atoms with Crippen molar-refractivity contribution in [2.45, 2.75) is 43.9 Å². The molecular formula is C20H28FN3O3. The molecule has 3 rings (SSSR count). The third kappa shape index (κ3) is 4.30. The number of carbonyl (C=O) groups is 2. The highest BCUT2D eigenvalue weighted by Gasteiger charge is 2.52. The van der Waals surface area contributed by atoms with Gasteiger partial charge in [0.2, 0.25) is 5.91 Å². The quantitative estimate of drug-likeness (QED) is 0.853. The molecule has 1 atom stereocenters. The molecule has 2 aliphatic rings. The summed E-state index contributed by atoms with van der Waals surface area (Å²) in [4.78, 5) is 29.6. The Bertz CT molecular complexity index is 689. The fraction of sp³-hybridized carbons (Fsp3) is 0.600. The molecule has 1 unspecified atom stereocenters. The summed E-state index contributed by atoms with van der Waals surface area (Å²) in [6.07, 6.45) is 4.39. The Labute approximate surface area is 159 Å². The molecule has 27 heavy (non-hydrogen) atoms. The van der Waals surface area contributed by atoms with Gasteiger partial charge in [-0.25, -0.2) is 4.39 Å². The molecule has 148 valence electrons. The van der Waals surface area contributed by atoms with Gasteiger partial charge in [0.05, 0.1) is 6.61 Å². The third-order valence-electron chi connectivity index (χ3n) is 5.35. The maximum absolute atomic E-state index is 13.7.